The molecule has 2 aromatic rings. The zero-order chi connectivity index (χ0) is 20.5. The highest BCUT2D eigenvalue weighted by molar-refractivity contribution is 5.44. The predicted molar refractivity (Wildman–Crippen MR) is 112 cm³/mol. The maximum atomic E-state index is 10.9. The number of fused-ring (bicyclic) bond motifs is 3. The van der Waals surface area contributed by atoms with Crippen LogP contribution >= 0.6 is 0 Å². The number of aliphatic hydroxyl groups excluding tert-OH is 1. The molecule has 0 amide bonds. The first-order chi connectivity index (χ1) is 14.0. The molecule has 1 heterocycles. The number of aromatic nitrogens is 1. The Balaban J connectivity index is 1.60. The monoisotopic (exact) mass is 391 g/mol. The van der Waals surface area contributed by atoms with Crippen LogP contribution in [0, 0.1) is 17.8 Å². The molecule has 29 heavy (non-hydrogen) atoms. The molecule has 4 heteroatoms. The molecule has 2 aliphatic carbocycles. The number of aryl methyl sites for hydroxylation is 1. The van der Waals surface area contributed by atoms with E-state index in [9.17, 15) is 10.2 Å². The van der Waals surface area contributed by atoms with Gasteiger partial charge in [0.1, 0.15) is 12.4 Å². The molecule has 4 rings (SSSR count). The Hall–Kier alpha value is -2.35. The molecular formula is C25H29NO3. The molecule has 1 aromatic heterocycles. The number of benzene rings is 1. The van der Waals surface area contributed by atoms with Crippen LogP contribution in [0.5, 0.6) is 5.75 Å². The minimum absolute atomic E-state index is 0.115. The summed E-state index contributed by atoms with van der Waals surface area (Å²) in [5.74, 6) is 6.87. The van der Waals surface area contributed by atoms with Gasteiger partial charge in [0.25, 0.3) is 0 Å². The van der Waals surface area contributed by atoms with Crippen molar-refractivity contribution in [2.24, 2.45) is 5.92 Å². The molecule has 0 unspecified atom stereocenters. The van der Waals surface area contributed by atoms with Gasteiger partial charge >= 0.3 is 0 Å². The smallest absolute Gasteiger partial charge is 0.151 e. The van der Waals surface area contributed by atoms with Crippen LogP contribution in [0.4, 0.5) is 0 Å². The third-order valence-corrected chi connectivity index (χ3v) is 6.92. The summed E-state index contributed by atoms with van der Waals surface area (Å²) in [5.41, 5.74) is 2.24. The van der Waals surface area contributed by atoms with E-state index < -0.39 is 11.7 Å². The Kier molecular flexibility index (Phi) is 5.38. The molecule has 4 nitrogen and oxygen atoms in total. The average molecular weight is 392 g/mol. The standard InChI is InChI=1S/C25H29NO3/c1-3-11-25(28)14-20-8-7-19-13-21(29-17-18-6-5-12-26-16-18)9-10-22(19)24(20,4-2)15-23(25)27/h5-6,9-10,12-13,16,20,23,27-28H,4,7-8,14-15,17H2,1-2H3/t20-,23+,24-,25+/m1/s1. The molecule has 2 aliphatic rings. The minimum atomic E-state index is -1.29. The number of nitrogens with zero attached hydrogens (tertiary/aromatic N) is 1. The fourth-order valence-corrected chi connectivity index (χ4v) is 5.40. The van der Waals surface area contributed by atoms with Gasteiger partial charge in [-0.2, -0.15) is 0 Å². The SMILES string of the molecule is CC#C[C@]1(O)C[C@H]2CCc3cc(OCc4cccnc4)ccc3[C@]2(CC)C[C@@H]1O. The van der Waals surface area contributed by atoms with Gasteiger partial charge in [-0.1, -0.05) is 25.0 Å². The largest absolute Gasteiger partial charge is 0.489 e. The van der Waals surface area contributed by atoms with Crippen LogP contribution in [0.1, 0.15) is 56.2 Å². The summed E-state index contributed by atoms with van der Waals surface area (Å²) in [6.07, 6.45) is 6.70. The zero-order valence-electron chi connectivity index (χ0n) is 17.2. The Bertz CT molecular complexity index is 932. The fourth-order valence-electron chi connectivity index (χ4n) is 5.40. The summed E-state index contributed by atoms with van der Waals surface area (Å²) < 4.78 is 6.00. The average Bonchev–Trinajstić information content (AvgIpc) is 2.74. The van der Waals surface area contributed by atoms with Crippen molar-refractivity contribution >= 4 is 0 Å². The van der Waals surface area contributed by atoms with E-state index in [0.717, 1.165) is 30.6 Å². The minimum Gasteiger partial charge on any atom is -0.489 e. The van der Waals surface area contributed by atoms with Gasteiger partial charge in [0, 0.05) is 23.4 Å². The number of hydrogen-bond acceptors (Lipinski definition) is 4. The quantitative estimate of drug-likeness (QED) is 0.779. The van der Waals surface area contributed by atoms with Crippen LogP contribution in [-0.2, 0) is 18.4 Å². The molecule has 1 aromatic carbocycles. The molecule has 1 fully saturated rings. The van der Waals surface area contributed by atoms with Crippen molar-refractivity contribution in [1.29, 1.82) is 0 Å². The second-order valence-electron chi connectivity index (χ2n) is 8.44. The zero-order valence-corrected chi connectivity index (χ0v) is 17.2. The summed E-state index contributed by atoms with van der Waals surface area (Å²) in [6.45, 7) is 4.41. The highest BCUT2D eigenvalue weighted by Crippen LogP contribution is 2.54. The van der Waals surface area contributed by atoms with Crippen molar-refractivity contribution in [3.63, 3.8) is 0 Å². The van der Waals surface area contributed by atoms with E-state index >= 15 is 0 Å². The van der Waals surface area contributed by atoms with E-state index in [0.29, 0.717) is 25.4 Å². The van der Waals surface area contributed by atoms with Crippen molar-refractivity contribution in [1.82, 2.24) is 4.98 Å². The fraction of sp³-hybridized carbons (Fsp3) is 0.480. The van der Waals surface area contributed by atoms with Crippen molar-refractivity contribution in [2.75, 3.05) is 0 Å². The Morgan fingerprint density at radius 1 is 1.28 bits per heavy atom. The van der Waals surface area contributed by atoms with E-state index in [1.54, 1.807) is 13.1 Å². The summed E-state index contributed by atoms with van der Waals surface area (Å²) in [6, 6.07) is 10.3. The second-order valence-corrected chi connectivity index (χ2v) is 8.44. The van der Waals surface area contributed by atoms with Crippen LogP contribution in [0.3, 0.4) is 0 Å². The highest BCUT2D eigenvalue weighted by atomic mass is 16.5. The lowest BCUT2D eigenvalue weighted by Crippen LogP contribution is -2.57. The number of aliphatic hydroxyl groups is 2. The van der Waals surface area contributed by atoms with Gasteiger partial charge in [-0.15, -0.1) is 5.92 Å². The van der Waals surface area contributed by atoms with Crippen molar-refractivity contribution in [3.05, 3.63) is 59.4 Å². The summed E-state index contributed by atoms with van der Waals surface area (Å²) >= 11 is 0. The molecule has 0 bridgehead atoms. The van der Waals surface area contributed by atoms with Crippen LogP contribution in [0.2, 0.25) is 0 Å². The van der Waals surface area contributed by atoms with Gasteiger partial charge in [0.15, 0.2) is 5.60 Å². The molecule has 152 valence electrons. The molecule has 0 saturated heterocycles. The second kappa shape index (κ2) is 7.82. The summed E-state index contributed by atoms with van der Waals surface area (Å²) in [5, 5.41) is 21.7. The number of rotatable bonds is 4. The lowest BCUT2D eigenvalue weighted by Gasteiger charge is -2.53. The normalized spacial score (nSPS) is 30.5. The Labute approximate surface area is 173 Å². The molecule has 4 atom stereocenters. The number of ether oxygens (including phenoxy) is 1. The Morgan fingerprint density at radius 2 is 2.14 bits per heavy atom. The molecule has 0 aliphatic heterocycles. The van der Waals surface area contributed by atoms with Crippen molar-refractivity contribution in [3.8, 4) is 17.6 Å². The number of pyridine rings is 1. The number of hydrogen-bond donors (Lipinski definition) is 2. The van der Waals surface area contributed by atoms with E-state index in [-0.39, 0.29) is 5.41 Å². The van der Waals surface area contributed by atoms with Crippen LogP contribution in [-0.4, -0.2) is 26.9 Å². The molecule has 2 N–H and O–H groups in total. The van der Waals surface area contributed by atoms with Crippen LogP contribution in [0.25, 0.3) is 0 Å². The summed E-state index contributed by atoms with van der Waals surface area (Å²) in [7, 11) is 0. The van der Waals surface area contributed by atoms with Gasteiger partial charge in [0.2, 0.25) is 0 Å². The molecule has 1 saturated carbocycles. The lowest BCUT2D eigenvalue weighted by atomic mass is 9.52. The van der Waals surface area contributed by atoms with E-state index in [1.165, 1.54) is 11.1 Å². The van der Waals surface area contributed by atoms with E-state index in [4.69, 9.17) is 4.74 Å². The first-order valence-corrected chi connectivity index (χ1v) is 10.5. The third-order valence-electron chi connectivity index (χ3n) is 6.92. The van der Waals surface area contributed by atoms with Gasteiger partial charge in [-0.05, 0) is 74.3 Å². The van der Waals surface area contributed by atoms with Crippen LogP contribution < -0.4 is 4.74 Å². The topological polar surface area (TPSA) is 62.6 Å². The first-order valence-electron chi connectivity index (χ1n) is 10.5. The molecular weight excluding hydrogens is 362 g/mol. The van der Waals surface area contributed by atoms with Gasteiger partial charge in [-0.25, -0.2) is 0 Å². The maximum Gasteiger partial charge on any atom is 0.151 e. The molecule has 0 radical (unpaired) electrons. The lowest BCUT2D eigenvalue weighted by molar-refractivity contribution is -0.106. The van der Waals surface area contributed by atoms with E-state index in [1.807, 2.05) is 24.4 Å². The van der Waals surface area contributed by atoms with Crippen LogP contribution in [0.15, 0.2) is 42.7 Å². The predicted octanol–water partition coefficient (Wildman–Crippen LogP) is 3.78. The van der Waals surface area contributed by atoms with Gasteiger partial charge < -0.3 is 14.9 Å². The molecule has 0 spiro atoms. The van der Waals surface area contributed by atoms with Crippen molar-refractivity contribution in [2.45, 2.75) is 69.7 Å². The summed E-state index contributed by atoms with van der Waals surface area (Å²) in [4.78, 5) is 4.13. The van der Waals surface area contributed by atoms with E-state index in [2.05, 4.69) is 35.9 Å². The highest BCUT2D eigenvalue weighted by Gasteiger charge is 2.54. The maximum absolute atomic E-state index is 10.9. The Morgan fingerprint density at radius 3 is 2.86 bits per heavy atom. The third kappa shape index (κ3) is 3.54. The van der Waals surface area contributed by atoms with Crippen molar-refractivity contribution < 1.29 is 14.9 Å². The van der Waals surface area contributed by atoms with Gasteiger partial charge in [0.05, 0.1) is 6.10 Å². The van der Waals surface area contributed by atoms with Gasteiger partial charge in [-0.3, -0.25) is 4.98 Å². The first kappa shape index (κ1) is 19.9.